The summed E-state index contributed by atoms with van der Waals surface area (Å²) in [5.74, 6) is 0. The van der Waals surface area contributed by atoms with Gasteiger partial charge in [0.25, 0.3) is 0 Å². The molecule has 0 aliphatic carbocycles. The Morgan fingerprint density at radius 2 is 1.75 bits per heavy atom. The first-order chi connectivity index (χ1) is 3.41. The summed E-state index contributed by atoms with van der Waals surface area (Å²) in [4.78, 5) is 0. The van der Waals surface area contributed by atoms with Crippen molar-refractivity contribution in [1.29, 1.82) is 0 Å². The fourth-order valence-corrected chi connectivity index (χ4v) is 0.521. The fraction of sp³-hybridized carbons (Fsp3) is 1.00. The van der Waals surface area contributed by atoms with Gasteiger partial charge in [-0.15, -0.1) is 0 Å². The lowest BCUT2D eigenvalue weighted by Crippen LogP contribution is -1.75. The van der Waals surface area contributed by atoms with Gasteiger partial charge >= 0.3 is 0 Å². The van der Waals surface area contributed by atoms with Gasteiger partial charge in [-0.05, 0) is 6.42 Å². The van der Waals surface area contributed by atoms with Gasteiger partial charge in [0.1, 0.15) is 0 Å². The van der Waals surface area contributed by atoms with Crippen LogP contribution in [0, 0.1) is 0 Å². The van der Waals surface area contributed by atoms with Crippen LogP contribution in [0.4, 0.5) is 4.39 Å². The predicted octanol–water partition coefficient (Wildman–Crippen LogP) is 1.71. The first kappa shape index (κ1) is 10.8. The maximum absolute atomic E-state index is 11.3. The third-order valence-electron chi connectivity index (χ3n) is 0.987. The average Bonchev–Trinajstić information content (AvgIpc) is 1.69. The second kappa shape index (κ2) is 10.00. The molecule has 52 valence electrons. The summed E-state index contributed by atoms with van der Waals surface area (Å²) in [7, 11) is 0. The van der Waals surface area contributed by atoms with Gasteiger partial charge in [-0.2, -0.15) is 0 Å². The Balaban J connectivity index is 0. The van der Waals surface area contributed by atoms with Crippen LogP contribution < -0.4 is 0 Å². The van der Waals surface area contributed by atoms with Crippen LogP contribution in [0.25, 0.3) is 0 Å². The predicted molar refractivity (Wildman–Crippen MR) is 33.7 cm³/mol. The molecule has 0 rings (SSSR count). The first-order valence-electron chi connectivity index (χ1n) is 2.97. The normalized spacial score (nSPS) is 8.25. The monoisotopic (exact) mass is 122 g/mol. The maximum atomic E-state index is 11.3. The number of rotatable bonds is 4. The van der Waals surface area contributed by atoms with Crippen molar-refractivity contribution >= 4 is 0 Å². The van der Waals surface area contributed by atoms with Crippen LogP contribution in [-0.4, -0.2) is 12.2 Å². The molecule has 8 heavy (non-hydrogen) atoms. The van der Waals surface area contributed by atoms with E-state index in [0.29, 0.717) is 0 Å². The Bertz CT molecular complexity index is 27.7. The first-order valence-corrected chi connectivity index (χ1v) is 2.97. The van der Waals surface area contributed by atoms with E-state index < -0.39 is 0 Å². The highest BCUT2D eigenvalue weighted by molar-refractivity contribution is 4.36. The van der Waals surface area contributed by atoms with Gasteiger partial charge in [-0.25, -0.2) is 0 Å². The molecule has 0 aromatic heterocycles. The lowest BCUT2D eigenvalue weighted by Gasteiger charge is -1.89. The highest BCUT2D eigenvalue weighted by Gasteiger charge is 1.82. The molecule has 0 unspecified atom stereocenters. The lowest BCUT2D eigenvalue weighted by molar-refractivity contribution is 0.455. The quantitative estimate of drug-likeness (QED) is 0.508. The molecular weight excluding hydrogens is 107 g/mol. The Labute approximate surface area is 50.2 Å². The van der Waals surface area contributed by atoms with Crippen molar-refractivity contribution in [2.75, 3.05) is 6.67 Å². The molecule has 1 nitrogen and oxygen atoms in total. The van der Waals surface area contributed by atoms with Gasteiger partial charge in [0.2, 0.25) is 0 Å². The van der Waals surface area contributed by atoms with Crippen molar-refractivity contribution in [2.45, 2.75) is 32.6 Å². The molecule has 0 bridgehead atoms. The molecule has 0 amide bonds. The number of hydrogen-bond acceptors (Lipinski definition) is 0. The van der Waals surface area contributed by atoms with Gasteiger partial charge in [0, 0.05) is 0 Å². The fourth-order valence-electron chi connectivity index (χ4n) is 0.521. The summed E-state index contributed by atoms with van der Waals surface area (Å²) < 4.78 is 11.3. The second-order valence-corrected chi connectivity index (χ2v) is 1.75. The second-order valence-electron chi connectivity index (χ2n) is 1.75. The zero-order valence-corrected chi connectivity index (χ0v) is 5.41. The van der Waals surface area contributed by atoms with Crippen molar-refractivity contribution in [2.24, 2.45) is 0 Å². The molecule has 0 fully saturated rings. The Kier molecular flexibility index (Phi) is 13.5. The molecule has 0 saturated heterocycles. The van der Waals surface area contributed by atoms with E-state index in [2.05, 4.69) is 6.92 Å². The van der Waals surface area contributed by atoms with Gasteiger partial charge in [-0.3, -0.25) is 4.39 Å². The molecule has 0 aliphatic rings. The minimum Gasteiger partial charge on any atom is -0.412 e. The topological polar surface area (TPSA) is 31.5 Å². The van der Waals surface area contributed by atoms with E-state index in [9.17, 15) is 4.39 Å². The Morgan fingerprint density at radius 3 is 2.12 bits per heavy atom. The van der Waals surface area contributed by atoms with E-state index in [-0.39, 0.29) is 12.2 Å². The summed E-state index contributed by atoms with van der Waals surface area (Å²) in [6.07, 6.45) is 4.20. The van der Waals surface area contributed by atoms with E-state index in [1.54, 1.807) is 0 Å². The van der Waals surface area contributed by atoms with Gasteiger partial charge < -0.3 is 5.48 Å². The molecule has 0 heterocycles. The average molecular weight is 122 g/mol. The molecular formula is C6H15FO. The van der Waals surface area contributed by atoms with Crippen LogP contribution >= 0.6 is 0 Å². The van der Waals surface area contributed by atoms with Crippen LogP contribution in [0.5, 0.6) is 0 Å². The molecule has 0 aliphatic heterocycles. The largest absolute Gasteiger partial charge is 0.412 e. The third-order valence-corrected chi connectivity index (χ3v) is 0.987. The minimum atomic E-state index is -0.139. The van der Waals surface area contributed by atoms with Crippen molar-refractivity contribution in [3.05, 3.63) is 0 Å². The minimum absolute atomic E-state index is 0. The van der Waals surface area contributed by atoms with Crippen LogP contribution in [0.2, 0.25) is 0 Å². The summed E-state index contributed by atoms with van der Waals surface area (Å²) in [6.45, 7) is 1.98. The van der Waals surface area contributed by atoms with E-state index in [4.69, 9.17) is 0 Å². The Morgan fingerprint density at radius 1 is 1.12 bits per heavy atom. The summed E-state index contributed by atoms with van der Waals surface area (Å²) >= 11 is 0. The summed E-state index contributed by atoms with van der Waals surface area (Å²) in [5.41, 5.74) is 0. The Hall–Kier alpha value is -0.110. The van der Waals surface area contributed by atoms with Gasteiger partial charge in [-0.1, -0.05) is 26.2 Å². The molecule has 0 aromatic rings. The lowest BCUT2D eigenvalue weighted by atomic mass is 10.2. The zero-order chi connectivity index (χ0) is 5.54. The van der Waals surface area contributed by atoms with E-state index in [1.165, 1.54) is 12.8 Å². The SMILES string of the molecule is CCCCCCF.O. The molecule has 0 aromatic carbocycles. The standard InChI is InChI=1S/C6H13F.H2O/c1-2-3-4-5-6-7;/h2-6H2,1H3;1H2. The summed E-state index contributed by atoms with van der Waals surface area (Å²) in [6, 6.07) is 0. The molecule has 2 heteroatoms. The number of hydrogen-bond donors (Lipinski definition) is 0. The number of halogens is 1. The maximum Gasteiger partial charge on any atom is 0.0894 e. The van der Waals surface area contributed by atoms with E-state index >= 15 is 0 Å². The van der Waals surface area contributed by atoms with Crippen molar-refractivity contribution in [3.63, 3.8) is 0 Å². The molecule has 0 atom stereocenters. The van der Waals surface area contributed by atoms with Gasteiger partial charge in [0.05, 0.1) is 6.67 Å². The zero-order valence-electron chi connectivity index (χ0n) is 5.41. The molecule has 0 saturated carbocycles. The van der Waals surface area contributed by atoms with E-state index in [0.717, 1.165) is 12.8 Å². The molecule has 0 radical (unpaired) electrons. The third kappa shape index (κ3) is 9.31. The van der Waals surface area contributed by atoms with Gasteiger partial charge in [0.15, 0.2) is 0 Å². The van der Waals surface area contributed by atoms with Crippen LogP contribution in [0.1, 0.15) is 32.6 Å². The van der Waals surface area contributed by atoms with Crippen LogP contribution in [0.3, 0.4) is 0 Å². The molecule has 2 N–H and O–H groups in total. The van der Waals surface area contributed by atoms with E-state index in [1.807, 2.05) is 0 Å². The highest BCUT2D eigenvalue weighted by atomic mass is 19.1. The van der Waals surface area contributed by atoms with Crippen LogP contribution in [-0.2, 0) is 0 Å². The van der Waals surface area contributed by atoms with Crippen molar-refractivity contribution in [1.82, 2.24) is 0 Å². The highest BCUT2D eigenvalue weighted by Crippen LogP contribution is 1.97. The van der Waals surface area contributed by atoms with Crippen molar-refractivity contribution < 1.29 is 9.87 Å². The number of alkyl halides is 1. The molecule has 0 spiro atoms. The number of unbranched alkanes of at least 4 members (excludes halogenated alkanes) is 3. The summed E-state index contributed by atoms with van der Waals surface area (Å²) in [5, 5.41) is 0. The smallest absolute Gasteiger partial charge is 0.0894 e. The van der Waals surface area contributed by atoms with Crippen molar-refractivity contribution in [3.8, 4) is 0 Å². The van der Waals surface area contributed by atoms with Crippen LogP contribution in [0.15, 0.2) is 0 Å².